The highest BCUT2D eigenvalue weighted by Crippen LogP contribution is 2.28. The highest BCUT2D eigenvalue weighted by molar-refractivity contribution is 5.85. The van der Waals surface area contributed by atoms with Crippen LogP contribution in [-0.2, 0) is 4.79 Å². The fraction of sp³-hybridized carbons (Fsp3) is 0.875. The van der Waals surface area contributed by atoms with E-state index in [9.17, 15) is 9.59 Å². The van der Waals surface area contributed by atoms with Crippen molar-refractivity contribution in [3.63, 3.8) is 0 Å². The molecule has 2 aliphatic rings. The van der Waals surface area contributed by atoms with E-state index >= 15 is 0 Å². The van der Waals surface area contributed by atoms with Crippen LogP contribution in [0.1, 0.15) is 33.6 Å². The molecule has 2 aliphatic heterocycles. The number of nitrogens with zero attached hydrogens (tertiary/aromatic N) is 3. The van der Waals surface area contributed by atoms with Gasteiger partial charge in [0.2, 0.25) is 5.91 Å². The fourth-order valence-corrected chi connectivity index (χ4v) is 3.42. The Bertz CT molecular complexity index is 401. The minimum atomic E-state index is -0.275. The van der Waals surface area contributed by atoms with Crippen molar-refractivity contribution in [1.82, 2.24) is 20.0 Å². The van der Waals surface area contributed by atoms with Crippen LogP contribution in [0.25, 0.3) is 0 Å². The van der Waals surface area contributed by atoms with Crippen molar-refractivity contribution in [3.05, 3.63) is 0 Å². The maximum Gasteiger partial charge on any atom is 0.320 e. The summed E-state index contributed by atoms with van der Waals surface area (Å²) in [7, 11) is 0. The van der Waals surface area contributed by atoms with E-state index in [1.165, 1.54) is 0 Å². The van der Waals surface area contributed by atoms with Crippen molar-refractivity contribution in [3.8, 4) is 0 Å². The van der Waals surface area contributed by atoms with E-state index in [1.54, 1.807) is 0 Å². The molecule has 3 amide bonds. The minimum absolute atomic E-state index is 0. The van der Waals surface area contributed by atoms with Gasteiger partial charge < -0.3 is 20.0 Å². The van der Waals surface area contributed by atoms with Crippen LogP contribution in [0.2, 0.25) is 0 Å². The smallest absolute Gasteiger partial charge is 0.320 e. The predicted molar refractivity (Wildman–Crippen MR) is 93.9 cm³/mol. The zero-order chi connectivity index (χ0) is 16.2. The summed E-state index contributed by atoms with van der Waals surface area (Å²) in [6, 6.07) is 0.0997. The van der Waals surface area contributed by atoms with Gasteiger partial charge in [-0.25, -0.2) is 4.79 Å². The summed E-state index contributed by atoms with van der Waals surface area (Å²) in [6.07, 6.45) is 2.01. The number of piperazine rings is 1. The molecular weight excluding hydrogens is 316 g/mol. The maximum atomic E-state index is 12.8. The molecule has 134 valence electrons. The predicted octanol–water partition coefficient (Wildman–Crippen LogP) is 1.40. The van der Waals surface area contributed by atoms with E-state index in [0.717, 1.165) is 39.0 Å². The monoisotopic (exact) mass is 346 g/mol. The van der Waals surface area contributed by atoms with Gasteiger partial charge in [0.15, 0.2) is 0 Å². The van der Waals surface area contributed by atoms with E-state index in [2.05, 4.69) is 12.2 Å². The van der Waals surface area contributed by atoms with Crippen molar-refractivity contribution in [2.45, 2.75) is 33.6 Å². The van der Waals surface area contributed by atoms with Crippen molar-refractivity contribution in [1.29, 1.82) is 0 Å². The molecular formula is C16H31ClN4O2. The number of hydrogen-bond donors (Lipinski definition) is 1. The summed E-state index contributed by atoms with van der Waals surface area (Å²) in [5.41, 5.74) is -0.275. The lowest BCUT2D eigenvalue weighted by atomic mass is 9.81. The molecule has 1 unspecified atom stereocenters. The third-order valence-corrected chi connectivity index (χ3v) is 4.98. The van der Waals surface area contributed by atoms with Gasteiger partial charge >= 0.3 is 6.03 Å². The molecule has 1 N–H and O–H groups in total. The molecule has 2 fully saturated rings. The molecule has 7 heteroatoms. The quantitative estimate of drug-likeness (QED) is 0.840. The Hall–Kier alpha value is -1.01. The van der Waals surface area contributed by atoms with Gasteiger partial charge in [0.25, 0.3) is 0 Å². The Balaban J connectivity index is 0.00000264. The van der Waals surface area contributed by atoms with Crippen molar-refractivity contribution in [2.24, 2.45) is 5.41 Å². The average Bonchev–Trinajstić information content (AvgIpc) is 2.56. The van der Waals surface area contributed by atoms with Crippen molar-refractivity contribution in [2.75, 3.05) is 52.4 Å². The highest BCUT2D eigenvalue weighted by atomic mass is 35.5. The van der Waals surface area contributed by atoms with Crippen LogP contribution in [0, 0.1) is 5.41 Å². The summed E-state index contributed by atoms with van der Waals surface area (Å²) in [5, 5.41) is 3.33. The van der Waals surface area contributed by atoms with Crippen LogP contribution < -0.4 is 5.32 Å². The first-order valence-corrected chi connectivity index (χ1v) is 8.55. The van der Waals surface area contributed by atoms with Crippen LogP contribution in [0.3, 0.4) is 0 Å². The van der Waals surface area contributed by atoms with Crippen molar-refractivity contribution < 1.29 is 9.59 Å². The SMILES string of the molecule is CCN(CC)C(=O)N1CCN(C(=O)C2(C)CCCNC2)CC1.Cl. The molecule has 0 aliphatic carbocycles. The third kappa shape index (κ3) is 4.51. The van der Waals surface area contributed by atoms with Gasteiger partial charge in [-0.15, -0.1) is 12.4 Å². The number of carbonyl (C=O) groups excluding carboxylic acids is 2. The normalized spacial score (nSPS) is 24.8. The first-order chi connectivity index (χ1) is 10.5. The van der Waals surface area contributed by atoms with Gasteiger partial charge in [0.05, 0.1) is 5.41 Å². The molecule has 0 saturated carbocycles. The first kappa shape index (κ1) is 20.0. The van der Waals surface area contributed by atoms with Crippen LogP contribution >= 0.6 is 12.4 Å². The van der Waals surface area contributed by atoms with Crippen molar-refractivity contribution >= 4 is 24.3 Å². The molecule has 1 atom stereocenters. The number of carbonyl (C=O) groups is 2. The Labute approximate surface area is 146 Å². The summed E-state index contributed by atoms with van der Waals surface area (Å²) in [4.78, 5) is 30.8. The Morgan fingerprint density at radius 2 is 1.65 bits per heavy atom. The second kappa shape index (κ2) is 8.73. The topological polar surface area (TPSA) is 55.9 Å². The second-order valence-corrected chi connectivity index (χ2v) is 6.58. The third-order valence-electron chi connectivity index (χ3n) is 4.98. The van der Waals surface area contributed by atoms with Gasteiger partial charge in [0.1, 0.15) is 0 Å². The molecule has 0 bridgehead atoms. The van der Waals surface area contributed by atoms with Gasteiger partial charge in [-0.2, -0.15) is 0 Å². The molecule has 2 saturated heterocycles. The Morgan fingerprint density at radius 1 is 1.09 bits per heavy atom. The summed E-state index contributed by atoms with van der Waals surface area (Å²) in [5.74, 6) is 0.245. The highest BCUT2D eigenvalue weighted by Gasteiger charge is 2.39. The maximum absolute atomic E-state index is 12.8. The number of amides is 3. The number of piperidine rings is 1. The van der Waals surface area contributed by atoms with E-state index in [0.29, 0.717) is 26.2 Å². The lowest BCUT2D eigenvalue weighted by Gasteiger charge is -2.42. The molecule has 0 aromatic rings. The summed E-state index contributed by atoms with van der Waals surface area (Å²) >= 11 is 0. The van der Waals surface area contributed by atoms with Gasteiger partial charge in [-0.3, -0.25) is 4.79 Å². The van der Waals surface area contributed by atoms with E-state index in [-0.39, 0.29) is 29.8 Å². The molecule has 0 spiro atoms. The molecule has 0 aromatic carbocycles. The standard InChI is InChI=1S/C16H30N4O2.ClH/c1-4-18(5-2)15(22)20-11-9-19(10-12-20)14(21)16(3)7-6-8-17-13-16;/h17H,4-13H2,1-3H3;1H. The van der Waals surface area contributed by atoms with Gasteiger partial charge in [-0.1, -0.05) is 0 Å². The van der Waals surface area contributed by atoms with Crippen LogP contribution in [0.4, 0.5) is 4.79 Å². The molecule has 2 heterocycles. The van der Waals surface area contributed by atoms with Gasteiger partial charge in [-0.05, 0) is 40.2 Å². The zero-order valence-corrected chi connectivity index (χ0v) is 15.5. The number of rotatable bonds is 3. The largest absolute Gasteiger partial charge is 0.339 e. The average molecular weight is 347 g/mol. The fourth-order valence-electron chi connectivity index (χ4n) is 3.42. The molecule has 0 radical (unpaired) electrons. The number of urea groups is 1. The van der Waals surface area contributed by atoms with E-state index in [4.69, 9.17) is 0 Å². The van der Waals surface area contributed by atoms with E-state index < -0.39 is 0 Å². The lowest BCUT2D eigenvalue weighted by Crippen LogP contribution is -2.58. The van der Waals surface area contributed by atoms with Crippen LogP contribution in [0.15, 0.2) is 0 Å². The first-order valence-electron chi connectivity index (χ1n) is 8.55. The number of nitrogens with one attached hydrogen (secondary N) is 1. The van der Waals surface area contributed by atoms with Gasteiger partial charge in [0, 0.05) is 45.8 Å². The van der Waals surface area contributed by atoms with Crippen LogP contribution in [0.5, 0.6) is 0 Å². The van der Waals surface area contributed by atoms with Crippen LogP contribution in [-0.4, -0.2) is 79.0 Å². The molecule has 0 aromatic heterocycles. The zero-order valence-electron chi connectivity index (χ0n) is 14.6. The summed E-state index contributed by atoms with van der Waals surface area (Å²) in [6.45, 7) is 11.9. The number of halogens is 1. The second-order valence-electron chi connectivity index (χ2n) is 6.58. The molecule has 23 heavy (non-hydrogen) atoms. The Kier molecular flexibility index (Phi) is 7.61. The Morgan fingerprint density at radius 3 is 2.13 bits per heavy atom. The lowest BCUT2D eigenvalue weighted by molar-refractivity contribution is -0.143. The van der Waals surface area contributed by atoms with E-state index in [1.807, 2.05) is 28.5 Å². The molecule has 6 nitrogen and oxygen atoms in total. The molecule has 2 rings (SSSR count). The minimum Gasteiger partial charge on any atom is -0.339 e. The summed E-state index contributed by atoms with van der Waals surface area (Å²) < 4.78 is 0. The number of hydrogen-bond acceptors (Lipinski definition) is 3.